The van der Waals surface area contributed by atoms with Gasteiger partial charge in [0.15, 0.2) is 11.5 Å². The number of benzene rings is 2. The largest absolute Gasteiger partial charge is 0.493 e. The molecule has 3 rings (SSSR count). The second-order valence-corrected chi connectivity index (χ2v) is 7.60. The van der Waals surface area contributed by atoms with Crippen molar-refractivity contribution in [1.29, 1.82) is 0 Å². The Bertz CT molecular complexity index is 1030. The fourth-order valence-corrected chi connectivity index (χ4v) is 3.23. The molecule has 0 fully saturated rings. The van der Waals surface area contributed by atoms with Gasteiger partial charge in [0.1, 0.15) is 12.1 Å². The average molecular weight is 443 g/mol. The maximum Gasteiger partial charge on any atom is 0.216 e. The fraction of sp³-hybridized carbons (Fsp3) is 0.348. The third-order valence-corrected chi connectivity index (χ3v) is 5.12. The molecular formula is C23H27ClN4O3. The quantitative estimate of drug-likeness (QED) is 0.351. The summed E-state index contributed by atoms with van der Waals surface area (Å²) in [4.78, 5) is 19.9. The summed E-state index contributed by atoms with van der Waals surface area (Å²) in [7, 11) is 1.60. The summed E-state index contributed by atoms with van der Waals surface area (Å²) in [5.41, 5.74) is 2.79. The number of halogens is 1. The van der Waals surface area contributed by atoms with E-state index in [4.69, 9.17) is 21.1 Å². The molecule has 0 radical (unpaired) electrons. The normalized spacial score (nSPS) is 11.7. The first-order chi connectivity index (χ1) is 15.0. The molecule has 2 N–H and O–H groups in total. The van der Waals surface area contributed by atoms with Crippen molar-refractivity contribution in [3.63, 3.8) is 0 Å². The molecule has 31 heavy (non-hydrogen) atoms. The van der Waals surface area contributed by atoms with Gasteiger partial charge in [0.25, 0.3) is 0 Å². The Kier molecular flexibility index (Phi) is 7.89. The monoisotopic (exact) mass is 442 g/mol. The molecule has 1 atom stereocenters. The van der Waals surface area contributed by atoms with Crippen LogP contribution >= 0.6 is 11.6 Å². The molecule has 3 aromatic rings. The smallest absolute Gasteiger partial charge is 0.216 e. The van der Waals surface area contributed by atoms with E-state index in [-0.39, 0.29) is 11.8 Å². The van der Waals surface area contributed by atoms with Crippen LogP contribution in [0.2, 0.25) is 0 Å². The first kappa shape index (κ1) is 22.6. The highest BCUT2D eigenvalue weighted by molar-refractivity contribution is 6.17. The number of ether oxygens (including phenoxy) is 2. The number of hydrogen-bond acceptors (Lipinski definition) is 6. The standard InChI is InChI=1S/C23H27ClN4O3/c1-15(13-25-16(2)29)17-5-7-18(8-6-17)28-23-19-11-22(31-10-4-9-24)21(30-3)12-20(19)26-14-27-23/h5-8,11-12,14-15H,4,9-10,13H2,1-3H3,(H,25,29)(H,26,27,28)/t15-/m1/s1. The lowest BCUT2D eigenvalue weighted by Crippen LogP contribution is -2.24. The van der Waals surface area contributed by atoms with E-state index in [1.54, 1.807) is 7.11 Å². The maximum absolute atomic E-state index is 11.1. The zero-order valence-electron chi connectivity index (χ0n) is 17.9. The van der Waals surface area contributed by atoms with Crippen molar-refractivity contribution < 1.29 is 14.3 Å². The summed E-state index contributed by atoms with van der Waals surface area (Å²) in [5, 5.41) is 7.03. The van der Waals surface area contributed by atoms with Crippen LogP contribution in [0.4, 0.5) is 11.5 Å². The molecule has 0 saturated heterocycles. The third kappa shape index (κ3) is 5.98. The van der Waals surface area contributed by atoms with E-state index >= 15 is 0 Å². The molecule has 0 spiro atoms. The van der Waals surface area contributed by atoms with Crippen LogP contribution in [0.15, 0.2) is 42.7 Å². The summed E-state index contributed by atoms with van der Waals surface area (Å²) in [5.74, 6) is 2.64. The van der Waals surface area contributed by atoms with Crippen molar-refractivity contribution >= 4 is 39.9 Å². The molecule has 0 aliphatic rings. The molecule has 1 amide bonds. The lowest BCUT2D eigenvalue weighted by molar-refractivity contribution is -0.119. The Balaban J connectivity index is 1.82. The molecule has 0 unspecified atom stereocenters. The van der Waals surface area contributed by atoms with E-state index in [9.17, 15) is 4.79 Å². The highest BCUT2D eigenvalue weighted by Gasteiger charge is 2.12. The van der Waals surface area contributed by atoms with Gasteiger partial charge in [0, 0.05) is 36.5 Å². The van der Waals surface area contributed by atoms with Crippen LogP contribution in [-0.4, -0.2) is 42.0 Å². The Hall–Kier alpha value is -3.06. The van der Waals surface area contributed by atoms with Crippen molar-refractivity contribution in [2.45, 2.75) is 26.2 Å². The molecular weight excluding hydrogens is 416 g/mol. The van der Waals surface area contributed by atoms with Crippen molar-refractivity contribution in [1.82, 2.24) is 15.3 Å². The highest BCUT2D eigenvalue weighted by atomic mass is 35.5. The van der Waals surface area contributed by atoms with Crippen molar-refractivity contribution in [2.75, 3.05) is 31.5 Å². The number of carbonyl (C=O) groups excluding carboxylic acids is 1. The number of carbonyl (C=O) groups is 1. The van der Waals surface area contributed by atoms with Crippen molar-refractivity contribution in [3.05, 3.63) is 48.3 Å². The summed E-state index contributed by atoms with van der Waals surface area (Å²) in [6, 6.07) is 11.8. The Morgan fingerprint density at radius 2 is 1.94 bits per heavy atom. The van der Waals surface area contributed by atoms with Crippen LogP contribution in [0.5, 0.6) is 11.5 Å². The second kappa shape index (κ2) is 10.8. The van der Waals surface area contributed by atoms with Crippen LogP contribution in [0.25, 0.3) is 10.9 Å². The first-order valence-electron chi connectivity index (χ1n) is 10.1. The lowest BCUT2D eigenvalue weighted by atomic mass is 10.0. The molecule has 1 aromatic heterocycles. The zero-order chi connectivity index (χ0) is 22.2. The van der Waals surface area contributed by atoms with Crippen LogP contribution in [0.3, 0.4) is 0 Å². The van der Waals surface area contributed by atoms with Gasteiger partial charge in [0.05, 0.1) is 19.2 Å². The molecule has 0 saturated carbocycles. The molecule has 7 nitrogen and oxygen atoms in total. The highest BCUT2D eigenvalue weighted by Crippen LogP contribution is 2.35. The van der Waals surface area contributed by atoms with Crippen molar-refractivity contribution in [3.8, 4) is 11.5 Å². The first-order valence-corrected chi connectivity index (χ1v) is 10.7. The number of nitrogens with zero attached hydrogens (tertiary/aromatic N) is 2. The van der Waals surface area contributed by atoms with Crippen LogP contribution in [0, 0.1) is 0 Å². The predicted molar refractivity (Wildman–Crippen MR) is 124 cm³/mol. The van der Waals surface area contributed by atoms with E-state index in [1.165, 1.54) is 13.3 Å². The number of aromatic nitrogens is 2. The van der Waals surface area contributed by atoms with Gasteiger partial charge in [0.2, 0.25) is 5.91 Å². The summed E-state index contributed by atoms with van der Waals surface area (Å²) in [6.07, 6.45) is 2.26. The number of rotatable bonds is 10. The van der Waals surface area contributed by atoms with Gasteiger partial charge >= 0.3 is 0 Å². The molecule has 1 heterocycles. The van der Waals surface area contributed by atoms with E-state index < -0.39 is 0 Å². The Morgan fingerprint density at radius 1 is 1.16 bits per heavy atom. The minimum Gasteiger partial charge on any atom is -0.493 e. The minimum atomic E-state index is -0.0246. The van der Waals surface area contributed by atoms with E-state index in [2.05, 4.69) is 27.5 Å². The second-order valence-electron chi connectivity index (χ2n) is 7.22. The van der Waals surface area contributed by atoms with Crippen LogP contribution < -0.4 is 20.1 Å². The van der Waals surface area contributed by atoms with Gasteiger partial charge in [-0.1, -0.05) is 19.1 Å². The van der Waals surface area contributed by atoms with Crippen LogP contribution in [0.1, 0.15) is 31.7 Å². The van der Waals surface area contributed by atoms with Gasteiger partial charge in [-0.2, -0.15) is 0 Å². The van der Waals surface area contributed by atoms with Crippen LogP contribution in [-0.2, 0) is 4.79 Å². The lowest BCUT2D eigenvalue weighted by Gasteiger charge is -2.15. The van der Waals surface area contributed by atoms with Gasteiger partial charge in [-0.15, -0.1) is 11.6 Å². The molecule has 2 aromatic carbocycles. The number of nitrogens with one attached hydrogen (secondary N) is 2. The van der Waals surface area contributed by atoms with E-state index in [0.717, 1.165) is 28.6 Å². The van der Waals surface area contributed by atoms with E-state index in [0.29, 0.717) is 36.3 Å². The number of fused-ring (bicyclic) bond motifs is 1. The predicted octanol–water partition coefficient (Wildman–Crippen LogP) is 4.63. The number of methoxy groups -OCH3 is 1. The van der Waals surface area contributed by atoms with Gasteiger partial charge in [-0.25, -0.2) is 9.97 Å². The Morgan fingerprint density at radius 3 is 2.61 bits per heavy atom. The minimum absolute atomic E-state index is 0.0246. The van der Waals surface area contributed by atoms with Gasteiger partial charge in [-0.05, 0) is 36.1 Å². The summed E-state index contributed by atoms with van der Waals surface area (Å²) >= 11 is 5.75. The van der Waals surface area contributed by atoms with Crippen molar-refractivity contribution in [2.24, 2.45) is 0 Å². The van der Waals surface area contributed by atoms with Gasteiger partial charge in [-0.3, -0.25) is 4.79 Å². The molecule has 0 aliphatic heterocycles. The maximum atomic E-state index is 11.1. The summed E-state index contributed by atoms with van der Waals surface area (Å²) < 4.78 is 11.3. The Labute approximate surface area is 187 Å². The molecule has 0 aliphatic carbocycles. The summed E-state index contributed by atoms with van der Waals surface area (Å²) in [6.45, 7) is 4.71. The zero-order valence-corrected chi connectivity index (χ0v) is 18.7. The third-order valence-electron chi connectivity index (χ3n) is 4.86. The molecule has 0 bridgehead atoms. The topological polar surface area (TPSA) is 85.4 Å². The average Bonchev–Trinajstić information content (AvgIpc) is 2.78. The fourth-order valence-electron chi connectivity index (χ4n) is 3.12. The number of anilines is 2. The van der Waals surface area contributed by atoms with E-state index in [1.807, 2.05) is 36.4 Å². The molecule has 8 heteroatoms. The number of hydrogen-bond donors (Lipinski definition) is 2. The molecule has 164 valence electrons. The SMILES string of the molecule is COc1cc2ncnc(Nc3ccc([C@H](C)CNC(C)=O)cc3)c2cc1OCCCCl. The number of amides is 1. The number of alkyl halides is 1. The van der Waals surface area contributed by atoms with Gasteiger partial charge < -0.3 is 20.1 Å².